The van der Waals surface area contributed by atoms with Crippen LogP contribution in [0, 0.1) is 0 Å². The fourth-order valence-electron chi connectivity index (χ4n) is 5.28. The van der Waals surface area contributed by atoms with E-state index >= 15 is 0 Å². The van der Waals surface area contributed by atoms with Gasteiger partial charge in [0.2, 0.25) is 5.91 Å². The maximum atomic E-state index is 13.9. The fourth-order valence-corrected chi connectivity index (χ4v) is 5.28. The summed E-state index contributed by atoms with van der Waals surface area (Å²) in [7, 11) is 4.83. The van der Waals surface area contributed by atoms with Crippen molar-refractivity contribution in [3.8, 4) is 17.2 Å². The first-order valence-corrected chi connectivity index (χ1v) is 12.5. The van der Waals surface area contributed by atoms with Crippen LogP contribution in [0.3, 0.4) is 0 Å². The van der Waals surface area contributed by atoms with Crippen LogP contribution >= 0.6 is 0 Å². The average molecular weight is 481 g/mol. The van der Waals surface area contributed by atoms with E-state index in [4.69, 9.17) is 14.2 Å². The van der Waals surface area contributed by atoms with Crippen molar-refractivity contribution < 1.29 is 23.8 Å². The summed E-state index contributed by atoms with van der Waals surface area (Å²) < 4.78 is 16.1. The van der Waals surface area contributed by atoms with E-state index in [1.807, 2.05) is 47.4 Å². The summed E-state index contributed by atoms with van der Waals surface area (Å²) in [5.74, 6) is 2.05. The zero-order valence-electron chi connectivity index (χ0n) is 21.0. The molecule has 2 aliphatic rings. The Morgan fingerprint density at radius 3 is 2.14 bits per heavy atom. The van der Waals surface area contributed by atoms with Crippen molar-refractivity contribution in [1.82, 2.24) is 9.80 Å². The number of hydrogen-bond donors (Lipinski definition) is 0. The van der Waals surface area contributed by atoms with Gasteiger partial charge in [0, 0.05) is 12.6 Å². The third-order valence-electron chi connectivity index (χ3n) is 7.24. The summed E-state index contributed by atoms with van der Waals surface area (Å²) >= 11 is 0. The zero-order chi connectivity index (χ0) is 24.8. The topological polar surface area (TPSA) is 68.3 Å². The molecule has 2 aromatic rings. The van der Waals surface area contributed by atoms with Gasteiger partial charge in [0.15, 0.2) is 11.5 Å². The van der Waals surface area contributed by atoms with Crippen LogP contribution in [0.1, 0.15) is 55.7 Å². The summed E-state index contributed by atoms with van der Waals surface area (Å²) in [6.07, 6.45) is 7.17. The number of rotatable bonds is 8. The predicted octanol–water partition coefficient (Wildman–Crippen LogP) is 4.39. The number of nitrogens with zero attached hydrogens (tertiary/aromatic N) is 2. The molecule has 1 heterocycles. The molecular formula is C28H36N2O5. The molecule has 0 radical (unpaired) electrons. The van der Waals surface area contributed by atoms with Gasteiger partial charge in [0.1, 0.15) is 18.3 Å². The summed E-state index contributed by atoms with van der Waals surface area (Å²) in [4.78, 5) is 31.0. The minimum absolute atomic E-state index is 0.00450. The number of hydrogen-bond acceptors (Lipinski definition) is 5. The molecule has 2 fully saturated rings. The van der Waals surface area contributed by atoms with Crippen LogP contribution in [0.25, 0.3) is 0 Å². The Morgan fingerprint density at radius 1 is 0.829 bits per heavy atom. The summed E-state index contributed by atoms with van der Waals surface area (Å²) in [5, 5.41) is 0. The van der Waals surface area contributed by atoms with E-state index in [-0.39, 0.29) is 24.4 Å². The van der Waals surface area contributed by atoms with Crippen LogP contribution in [0.5, 0.6) is 17.2 Å². The number of piperazine rings is 1. The van der Waals surface area contributed by atoms with Gasteiger partial charge in [-0.25, -0.2) is 0 Å². The lowest BCUT2D eigenvalue weighted by Gasteiger charge is -2.43. The van der Waals surface area contributed by atoms with E-state index < -0.39 is 6.04 Å². The second kappa shape index (κ2) is 11.5. The van der Waals surface area contributed by atoms with Gasteiger partial charge in [-0.1, -0.05) is 43.9 Å². The lowest BCUT2D eigenvalue weighted by molar-refractivity contribution is -0.158. The molecule has 2 aromatic carbocycles. The van der Waals surface area contributed by atoms with Crippen molar-refractivity contribution in [3.63, 3.8) is 0 Å². The lowest BCUT2D eigenvalue weighted by atomic mass is 9.97. The Balaban J connectivity index is 1.60. The number of methoxy groups -OCH3 is 3. The molecule has 7 nitrogen and oxygen atoms in total. The highest BCUT2D eigenvalue weighted by atomic mass is 16.5. The normalized spacial score (nSPS) is 19.5. The van der Waals surface area contributed by atoms with Gasteiger partial charge in [-0.15, -0.1) is 0 Å². The molecule has 1 atom stereocenters. The van der Waals surface area contributed by atoms with Crippen LogP contribution in [0.4, 0.5) is 0 Å². The predicted molar refractivity (Wildman–Crippen MR) is 134 cm³/mol. The van der Waals surface area contributed by atoms with Crippen molar-refractivity contribution >= 4 is 11.8 Å². The molecule has 0 spiro atoms. The van der Waals surface area contributed by atoms with E-state index in [9.17, 15) is 9.59 Å². The maximum Gasteiger partial charge on any atom is 0.250 e. The van der Waals surface area contributed by atoms with E-state index in [0.29, 0.717) is 24.5 Å². The Labute approximate surface area is 207 Å². The second-order valence-corrected chi connectivity index (χ2v) is 9.31. The first kappa shape index (κ1) is 24.9. The number of carbonyl (C=O) groups excluding carboxylic acids is 2. The van der Waals surface area contributed by atoms with Gasteiger partial charge in [-0.2, -0.15) is 0 Å². The molecule has 1 saturated heterocycles. The number of carbonyl (C=O) groups is 2. The molecule has 4 rings (SSSR count). The Hall–Kier alpha value is -3.22. The van der Waals surface area contributed by atoms with E-state index in [1.54, 1.807) is 26.2 Å². The molecule has 2 amide bonds. The molecule has 7 heteroatoms. The molecule has 1 saturated carbocycles. The lowest BCUT2D eigenvalue weighted by Crippen LogP contribution is -2.58. The standard InChI is InChI=1S/C28H36N2O5/c1-33-23-13-11-21(12-14-23)27-28(32)30(22-8-6-4-5-7-9-22)19-26(31)29(27)17-16-20-10-15-24(34-2)25(18-20)35-3/h10-15,18,22,27H,4-9,16-17,19H2,1-3H3/t27-/m0/s1. The number of ether oxygens (including phenoxy) is 3. The molecule has 0 N–H and O–H groups in total. The first-order valence-electron chi connectivity index (χ1n) is 12.5. The maximum absolute atomic E-state index is 13.9. The smallest absolute Gasteiger partial charge is 0.250 e. The first-order chi connectivity index (χ1) is 17.0. The monoisotopic (exact) mass is 480 g/mol. The fraction of sp³-hybridized carbons (Fsp3) is 0.500. The molecule has 0 unspecified atom stereocenters. The van der Waals surface area contributed by atoms with Crippen molar-refractivity contribution in [2.24, 2.45) is 0 Å². The van der Waals surface area contributed by atoms with Gasteiger partial charge in [-0.05, 0) is 54.7 Å². The van der Waals surface area contributed by atoms with Crippen molar-refractivity contribution in [1.29, 1.82) is 0 Å². The SMILES string of the molecule is COc1ccc([C@H]2C(=O)N(C3CCCCCC3)CC(=O)N2CCc2ccc(OC)c(OC)c2)cc1. The van der Waals surface area contributed by atoms with Gasteiger partial charge < -0.3 is 24.0 Å². The molecule has 35 heavy (non-hydrogen) atoms. The van der Waals surface area contributed by atoms with Crippen LogP contribution < -0.4 is 14.2 Å². The minimum Gasteiger partial charge on any atom is -0.497 e. The molecule has 0 bridgehead atoms. The molecular weight excluding hydrogens is 444 g/mol. The molecule has 188 valence electrons. The van der Waals surface area contributed by atoms with Gasteiger partial charge in [0.05, 0.1) is 21.3 Å². The van der Waals surface area contributed by atoms with Gasteiger partial charge >= 0.3 is 0 Å². The Kier molecular flexibility index (Phi) is 8.16. The highest BCUT2D eigenvalue weighted by Gasteiger charge is 2.42. The average Bonchev–Trinajstić information content (AvgIpc) is 3.18. The molecule has 0 aromatic heterocycles. The second-order valence-electron chi connectivity index (χ2n) is 9.31. The van der Waals surface area contributed by atoms with Crippen molar-refractivity contribution in [3.05, 3.63) is 53.6 Å². The third kappa shape index (κ3) is 5.55. The summed E-state index contributed by atoms with van der Waals surface area (Å²) in [6, 6.07) is 12.8. The zero-order valence-corrected chi connectivity index (χ0v) is 21.0. The highest BCUT2D eigenvalue weighted by Crippen LogP contribution is 2.33. The Bertz CT molecular complexity index is 1010. The molecule has 1 aliphatic heterocycles. The quantitative estimate of drug-likeness (QED) is 0.524. The number of amides is 2. The summed E-state index contributed by atoms with van der Waals surface area (Å²) in [5.41, 5.74) is 1.83. The van der Waals surface area contributed by atoms with Crippen LogP contribution in [-0.4, -0.2) is 62.1 Å². The van der Waals surface area contributed by atoms with Crippen molar-refractivity contribution in [2.45, 2.75) is 57.0 Å². The minimum atomic E-state index is -0.634. The molecule has 1 aliphatic carbocycles. The summed E-state index contributed by atoms with van der Waals surface area (Å²) in [6.45, 7) is 0.595. The van der Waals surface area contributed by atoms with E-state index in [2.05, 4.69) is 0 Å². The van der Waals surface area contributed by atoms with Crippen molar-refractivity contribution in [2.75, 3.05) is 34.4 Å². The Morgan fingerprint density at radius 2 is 1.51 bits per heavy atom. The van der Waals surface area contributed by atoms with Crippen LogP contribution in [0.15, 0.2) is 42.5 Å². The highest BCUT2D eigenvalue weighted by molar-refractivity contribution is 5.95. The van der Waals surface area contributed by atoms with Crippen LogP contribution in [-0.2, 0) is 16.0 Å². The van der Waals surface area contributed by atoms with E-state index in [0.717, 1.165) is 42.6 Å². The number of benzene rings is 2. The van der Waals surface area contributed by atoms with Gasteiger partial charge in [0.25, 0.3) is 5.91 Å². The van der Waals surface area contributed by atoms with Crippen LogP contribution in [0.2, 0.25) is 0 Å². The van der Waals surface area contributed by atoms with Gasteiger partial charge in [-0.3, -0.25) is 9.59 Å². The van der Waals surface area contributed by atoms with E-state index in [1.165, 1.54) is 12.8 Å². The largest absolute Gasteiger partial charge is 0.497 e. The third-order valence-corrected chi connectivity index (χ3v) is 7.24.